The van der Waals surface area contributed by atoms with Crippen LogP contribution in [-0.2, 0) is 0 Å². The van der Waals surface area contributed by atoms with E-state index in [4.69, 9.17) is 0 Å². The van der Waals surface area contributed by atoms with Crippen LogP contribution in [-0.4, -0.2) is 9.91 Å². The largest absolute Gasteiger partial charge is 0.364 e. The smallest absolute Gasteiger partial charge is 0.358 e. The highest BCUT2D eigenvalue weighted by Gasteiger charge is 2.08. The van der Waals surface area contributed by atoms with Crippen LogP contribution in [0.4, 0.5) is 5.82 Å². The van der Waals surface area contributed by atoms with Crippen molar-refractivity contribution in [3.05, 3.63) is 32.4 Å². The molecule has 0 atom stereocenters. The van der Waals surface area contributed by atoms with Gasteiger partial charge in [-0.05, 0) is 16.0 Å². The maximum absolute atomic E-state index is 10.2. The molecule has 0 unspecified atom stereocenters. The zero-order valence-electron chi connectivity index (χ0n) is 5.74. The van der Waals surface area contributed by atoms with Crippen molar-refractivity contribution in [2.45, 2.75) is 6.92 Å². The van der Waals surface area contributed by atoms with E-state index in [1.54, 1.807) is 13.0 Å². The van der Waals surface area contributed by atoms with E-state index in [0.717, 1.165) is 0 Å². The second-order valence-electron chi connectivity index (χ2n) is 2.04. The molecule has 1 aromatic heterocycles. The van der Waals surface area contributed by atoms with Crippen molar-refractivity contribution in [3.63, 3.8) is 0 Å². The van der Waals surface area contributed by atoms with Crippen LogP contribution in [0.2, 0.25) is 0 Å². The Balaban J connectivity index is 3.19. The molecule has 0 N–H and O–H groups in total. The first-order valence-corrected chi connectivity index (χ1v) is 3.67. The minimum absolute atomic E-state index is 0.128. The molecule has 0 saturated carbocycles. The van der Waals surface area contributed by atoms with Gasteiger partial charge in [-0.2, -0.15) is 0 Å². The van der Waals surface area contributed by atoms with Crippen LogP contribution in [0.3, 0.4) is 0 Å². The summed E-state index contributed by atoms with van der Waals surface area (Å²) in [6.07, 6.45) is 0. The Morgan fingerprint density at radius 3 is 2.73 bits per heavy atom. The topological polar surface area (TPSA) is 56.0 Å². The Morgan fingerprint density at radius 2 is 2.27 bits per heavy atom. The minimum Gasteiger partial charge on any atom is -0.358 e. The fraction of sp³-hybridized carbons (Fsp3) is 0.167. The molecule has 0 fully saturated rings. The second-order valence-corrected chi connectivity index (χ2v) is 2.96. The van der Waals surface area contributed by atoms with Gasteiger partial charge in [0.05, 0.1) is 6.07 Å². The van der Waals surface area contributed by atoms with Crippen LogP contribution in [0.15, 0.2) is 16.6 Å². The van der Waals surface area contributed by atoms with E-state index < -0.39 is 4.92 Å². The van der Waals surface area contributed by atoms with E-state index in [1.807, 2.05) is 0 Å². The Labute approximate surface area is 71.5 Å². The van der Waals surface area contributed by atoms with Crippen LogP contribution < -0.4 is 0 Å². The summed E-state index contributed by atoms with van der Waals surface area (Å²) in [5, 5.41) is 10.2. The van der Waals surface area contributed by atoms with Crippen LogP contribution >= 0.6 is 15.9 Å². The molecule has 0 aliphatic heterocycles. The van der Waals surface area contributed by atoms with Gasteiger partial charge in [-0.15, -0.1) is 0 Å². The lowest BCUT2D eigenvalue weighted by Crippen LogP contribution is -1.93. The van der Waals surface area contributed by atoms with Crippen molar-refractivity contribution in [3.8, 4) is 0 Å². The molecule has 58 valence electrons. The van der Waals surface area contributed by atoms with Gasteiger partial charge >= 0.3 is 5.82 Å². The molecular weight excluding hydrogens is 212 g/mol. The maximum Gasteiger partial charge on any atom is 0.364 e. The standard InChI is InChI=1S/C6H5BrN2O2/c1-4-2-5(7)3-6(8-4)9(10)11/h2-3H,1H3. The van der Waals surface area contributed by atoms with Crippen molar-refractivity contribution in [1.29, 1.82) is 0 Å². The Bertz CT molecular complexity index is 280. The summed E-state index contributed by atoms with van der Waals surface area (Å²) in [5.74, 6) is -0.128. The second kappa shape index (κ2) is 2.96. The first kappa shape index (κ1) is 8.13. The normalized spacial score (nSPS) is 9.64. The zero-order valence-corrected chi connectivity index (χ0v) is 7.33. The number of rotatable bonds is 1. The molecule has 1 heterocycles. The predicted octanol–water partition coefficient (Wildman–Crippen LogP) is 2.06. The summed E-state index contributed by atoms with van der Waals surface area (Å²) in [5.41, 5.74) is 0.631. The monoisotopic (exact) mass is 216 g/mol. The predicted molar refractivity (Wildman–Crippen MR) is 43.3 cm³/mol. The molecule has 0 radical (unpaired) electrons. The lowest BCUT2D eigenvalue weighted by atomic mass is 10.4. The lowest BCUT2D eigenvalue weighted by Gasteiger charge is -1.92. The average Bonchev–Trinajstić information content (AvgIpc) is 1.85. The molecule has 1 aromatic rings. The molecule has 5 heteroatoms. The van der Waals surface area contributed by atoms with Gasteiger partial charge in [0.2, 0.25) is 0 Å². The molecule has 1 rings (SSSR count). The van der Waals surface area contributed by atoms with Gasteiger partial charge in [0.25, 0.3) is 0 Å². The lowest BCUT2D eigenvalue weighted by molar-refractivity contribution is -0.389. The summed E-state index contributed by atoms with van der Waals surface area (Å²) in [6, 6.07) is 3.08. The molecule has 0 saturated heterocycles. The van der Waals surface area contributed by atoms with Crippen molar-refractivity contribution in [2.24, 2.45) is 0 Å². The summed E-state index contributed by atoms with van der Waals surface area (Å²) < 4.78 is 0.678. The number of nitrogens with zero attached hydrogens (tertiary/aromatic N) is 2. The molecule has 0 aliphatic rings. The third-order valence-corrected chi connectivity index (χ3v) is 1.55. The highest BCUT2D eigenvalue weighted by molar-refractivity contribution is 9.10. The number of nitro groups is 1. The number of hydrogen-bond acceptors (Lipinski definition) is 3. The molecule has 0 amide bonds. The fourth-order valence-corrected chi connectivity index (χ4v) is 1.24. The molecule has 0 aromatic carbocycles. The summed E-state index contributed by atoms with van der Waals surface area (Å²) in [4.78, 5) is 13.4. The van der Waals surface area contributed by atoms with Gasteiger partial charge in [-0.25, -0.2) is 0 Å². The van der Waals surface area contributed by atoms with E-state index >= 15 is 0 Å². The number of halogens is 1. The number of aryl methyl sites for hydroxylation is 1. The quantitative estimate of drug-likeness (QED) is 0.534. The van der Waals surface area contributed by atoms with Crippen molar-refractivity contribution in [1.82, 2.24) is 4.98 Å². The maximum atomic E-state index is 10.2. The molecule has 4 nitrogen and oxygen atoms in total. The number of hydrogen-bond donors (Lipinski definition) is 0. The average molecular weight is 217 g/mol. The van der Waals surface area contributed by atoms with E-state index in [9.17, 15) is 10.1 Å². The van der Waals surface area contributed by atoms with E-state index in [0.29, 0.717) is 10.2 Å². The molecule has 0 aliphatic carbocycles. The van der Waals surface area contributed by atoms with Crippen LogP contribution in [0.5, 0.6) is 0 Å². The zero-order chi connectivity index (χ0) is 8.43. The SMILES string of the molecule is Cc1cc(Br)cc([N+](=O)[O-])n1. The van der Waals surface area contributed by atoms with Crippen molar-refractivity contribution >= 4 is 21.7 Å². The summed E-state index contributed by atoms with van der Waals surface area (Å²) in [6.45, 7) is 1.71. The van der Waals surface area contributed by atoms with Gasteiger partial charge in [0.15, 0.2) is 5.69 Å². The number of pyridine rings is 1. The summed E-state index contributed by atoms with van der Waals surface area (Å²) >= 11 is 3.14. The highest BCUT2D eigenvalue weighted by atomic mass is 79.9. The summed E-state index contributed by atoms with van der Waals surface area (Å²) in [7, 11) is 0. The van der Waals surface area contributed by atoms with E-state index in [1.165, 1.54) is 6.07 Å². The number of aromatic nitrogens is 1. The minimum atomic E-state index is -0.516. The van der Waals surface area contributed by atoms with Crippen LogP contribution in [0.25, 0.3) is 0 Å². The van der Waals surface area contributed by atoms with Gasteiger partial charge < -0.3 is 10.1 Å². The van der Waals surface area contributed by atoms with E-state index in [-0.39, 0.29) is 5.82 Å². The molecule has 0 bridgehead atoms. The fourth-order valence-electron chi connectivity index (χ4n) is 0.703. The van der Waals surface area contributed by atoms with Crippen LogP contribution in [0, 0.1) is 17.0 Å². The van der Waals surface area contributed by atoms with Crippen molar-refractivity contribution in [2.75, 3.05) is 0 Å². The van der Waals surface area contributed by atoms with Crippen molar-refractivity contribution < 1.29 is 4.92 Å². The van der Waals surface area contributed by atoms with Gasteiger partial charge in [0.1, 0.15) is 0 Å². The van der Waals surface area contributed by atoms with Crippen LogP contribution in [0.1, 0.15) is 5.69 Å². The molecule has 0 spiro atoms. The van der Waals surface area contributed by atoms with Gasteiger partial charge in [0, 0.05) is 11.4 Å². The highest BCUT2D eigenvalue weighted by Crippen LogP contribution is 2.16. The van der Waals surface area contributed by atoms with Gasteiger partial charge in [-0.3, -0.25) is 0 Å². The Hall–Kier alpha value is -0.970. The Kier molecular flexibility index (Phi) is 2.19. The first-order chi connectivity index (χ1) is 5.09. The Morgan fingerprint density at radius 1 is 1.64 bits per heavy atom. The molecular formula is C6H5BrN2O2. The molecule has 11 heavy (non-hydrogen) atoms. The third-order valence-electron chi connectivity index (χ3n) is 1.09. The van der Waals surface area contributed by atoms with Gasteiger partial charge in [-0.1, -0.05) is 15.9 Å². The first-order valence-electron chi connectivity index (χ1n) is 2.88. The van der Waals surface area contributed by atoms with E-state index in [2.05, 4.69) is 20.9 Å². The third kappa shape index (κ3) is 1.98.